The quantitative estimate of drug-likeness (QED) is 0.350. The summed E-state index contributed by atoms with van der Waals surface area (Å²) in [7, 11) is -3.70. The van der Waals surface area contributed by atoms with Crippen LogP contribution in [0.15, 0.2) is 42.5 Å². The van der Waals surface area contributed by atoms with E-state index in [0.717, 1.165) is 41.4 Å². The van der Waals surface area contributed by atoms with E-state index in [2.05, 4.69) is 37.3 Å². The van der Waals surface area contributed by atoms with Crippen molar-refractivity contribution in [3.63, 3.8) is 0 Å². The highest BCUT2D eigenvalue weighted by atomic mass is 32.2. The van der Waals surface area contributed by atoms with Crippen molar-refractivity contribution in [3.8, 4) is 11.1 Å². The fourth-order valence-electron chi connectivity index (χ4n) is 4.36. The Bertz CT molecular complexity index is 1110. The van der Waals surface area contributed by atoms with Crippen LogP contribution in [-0.4, -0.2) is 36.3 Å². The number of hydrogen-bond donors (Lipinski definition) is 2. The smallest absolute Gasteiger partial charge is 0.264 e. The summed E-state index contributed by atoms with van der Waals surface area (Å²) in [4.78, 5) is 24.9. The van der Waals surface area contributed by atoms with Crippen molar-refractivity contribution in [2.24, 2.45) is 5.92 Å². The lowest BCUT2D eigenvalue weighted by molar-refractivity contribution is -0.131. The molecule has 0 aliphatic heterocycles. The van der Waals surface area contributed by atoms with Gasteiger partial charge in [0.1, 0.15) is 4.75 Å². The van der Waals surface area contributed by atoms with Crippen LogP contribution in [0, 0.1) is 12.8 Å². The molecule has 0 fully saturated rings. The van der Waals surface area contributed by atoms with Crippen LogP contribution in [0.2, 0.25) is 0 Å². The van der Waals surface area contributed by atoms with Gasteiger partial charge >= 0.3 is 0 Å². The fourth-order valence-corrected chi connectivity index (χ4v) is 5.26. The largest absolute Gasteiger partial charge is 0.294 e. The molecule has 172 valence electrons. The summed E-state index contributed by atoms with van der Waals surface area (Å²) < 4.78 is 22.4. The molecule has 2 atom stereocenters. The molecule has 0 radical (unpaired) electrons. The summed E-state index contributed by atoms with van der Waals surface area (Å²) in [5.74, 6) is -0.878. The summed E-state index contributed by atoms with van der Waals surface area (Å²) in [5, 5.41) is 8.92. The molecule has 0 saturated carbocycles. The third-order valence-electron chi connectivity index (χ3n) is 6.75. The molecule has 2 aromatic carbocycles. The summed E-state index contributed by atoms with van der Waals surface area (Å²) in [5.41, 5.74) is 6.77. The van der Waals surface area contributed by atoms with E-state index >= 15 is 0 Å². The second kappa shape index (κ2) is 9.55. The van der Waals surface area contributed by atoms with Crippen LogP contribution in [0.1, 0.15) is 60.5 Å². The average Bonchev–Trinajstić information content (AvgIpc) is 2.76. The van der Waals surface area contributed by atoms with E-state index in [4.69, 9.17) is 5.21 Å². The molecule has 1 amide bonds. The first kappa shape index (κ1) is 24.1. The van der Waals surface area contributed by atoms with E-state index in [1.807, 2.05) is 12.1 Å². The lowest BCUT2D eigenvalue weighted by Gasteiger charge is -2.26. The summed E-state index contributed by atoms with van der Waals surface area (Å²) in [6, 6.07) is 14.4. The number of Topliss-reactive ketones (excluding diaryl/α,β-unsaturated/α-hetero) is 1. The van der Waals surface area contributed by atoms with Crippen molar-refractivity contribution < 1.29 is 23.2 Å². The summed E-state index contributed by atoms with van der Waals surface area (Å²) >= 11 is 0. The second-order valence-corrected chi connectivity index (χ2v) is 11.5. The van der Waals surface area contributed by atoms with E-state index in [0.29, 0.717) is 19.3 Å². The fraction of sp³-hybridized carbons (Fsp3) is 0.440. The minimum atomic E-state index is -3.70. The Morgan fingerprint density at radius 3 is 2.41 bits per heavy atom. The number of nitrogens with one attached hydrogen (secondary N) is 1. The number of ketones is 1. The Kier molecular flexibility index (Phi) is 7.20. The van der Waals surface area contributed by atoms with Gasteiger partial charge in [-0.3, -0.25) is 14.8 Å². The van der Waals surface area contributed by atoms with Gasteiger partial charge in [0, 0.05) is 17.7 Å². The molecule has 0 saturated heterocycles. The molecule has 3 rings (SSSR count). The maximum absolute atomic E-state index is 13.0. The molecule has 1 unspecified atom stereocenters. The number of unbranched alkanes of at least 4 members (excludes halogenated alkanes) is 1. The number of fused-ring (bicyclic) bond motifs is 1. The number of hydroxylamine groups is 1. The predicted octanol–water partition coefficient (Wildman–Crippen LogP) is 4.28. The van der Waals surface area contributed by atoms with Crippen LogP contribution >= 0.6 is 0 Å². The Labute approximate surface area is 189 Å². The van der Waals surface area contributed by atoms with Crippen LogP contribution in [0.4, 0.5) is 0 Å². The van der Waals surface area contributed by atoms with Gasteiger partial charge in [-0.2, -0.15) is 0 Å². The summed E-state index contributed by atoms with van der Waals surface area (Å²) in [6.45, 7) is 3.38. The number of hydrogen-bond acceptors (Lipinski definition) is 5. The molecule has 0 spiro atoms. The molecule has 0 bridgehead atoms. The van der Waals surface area contributed by atoms with E-state index in [1.165, 1.54) is 18.0 Å². The molecular formula is C25H31NO5S. The van der Waals surface area contributed by atoms with Crippen molar-refractivity contribution in [3.05, 3.63) is 59.2 Å². The average molecular weight is 458 g/mol. The Morgan fingerprint density at radius 1 is 1.12 bits per heavy atom. The van der Waals surface area contributed by atoms with Crippen molar-refractivity contribution >= 4 is 21.5 Å². The molecule has 1 aliphatic carbocycles. The standard InChI is InChI=1S/C25H31NO5S/c1-17-7-9-18(10-8-17)20-13-14-22-21(16-20)12-11-19(23(22)27)6-4-5-15-25(2,24(28)26-29)32(3,30)31/h7-10,13-14,16,19,29H,4-6,11-12,15H2,1-3H3,(H,26,28)/t19?,25-/m1/s1. The van der Waals surface area contributed by atoms with Crippen molar-refractivity contribution in [1.82, 2.24) is 5.48 Å². The van der Waals surface area contributed by atoms with E-state index < -0.39 is 20.5 Å². The van der Waals surface area contributed by atoms with Crippen LogP contribution in [0.5, 0.6) is 0 Å². The maximum atomic E-state index is 13.0. The Balaban J connectivity index is 1.62. The third kappa shape index (κ3) is 4.94. The highest BCUT2D eigenvalue weighted by molar-refractivity contribution is 7.92. The maximum Gasteiger partial charge on any atom is 0.264 e. The Hall–Kier alpha value is -2.51. The monoisotopic (exact) mass is 457 g/mol. The molecule has 2 N–H and O–H groups in total. The van der Waals surface area contributed by atoms with Gasteiger partial charge in [0.15, 0.2) is 15.6 Å². The van der Waals surface area contributed by atoms with Crippen molar-refractivity contribution in [2.75, 3.05) is 6.26 Å². The topological polar surface area (TPSA) is 101 Å². The van der Waals surface area contributed by atoms with Crippen molar-refractivity contribution in [2.45, 2.75) is 57.1 Å². The predicted molar refractivity (Wildman–Crippen MR) is 124 cm³/mol. The van der Waals surface area contributed by atoms with Gasteiger partial charge in [-0.05, 0) is 56.2 Å². The number of aryl methyl sites for hydroxylation is 2. The molecule has 32 heavy (non-hydrogen) atoms. The van der Waals surface area contributed by atoms with E-state index in [9.17, 15) is 18.0 Å². The first-order valence-electron chi connectivity index (χ1n) is 10.9. The molecule has 2 aromatic rings. The van der Waals surface area contributed by atoms with Gasteiger partial charge in [0.25, 0.3) is 5.91 Å². The van der Waals surface area contributed by atoms with E-state index in [1.54, 1.807) is 0 Å². The molecule has 0 heterocycles. The lowest BCUT2D eigenvalue weighted by Crippen LogP contribution is -2.49. The SMILES string of the molecule is Cc1ccc(-c2ccc3c(c2)CCC(CCCC[C@](C)(C(=O)NO)S(C)(=O)=O)C3=O)cc1. The molecule has 0 aromatic heterocycles. The van der Waals surface area contributed by atoms with Gasteiger partial charge in [-0.15, -0.1) is 0 Å². The summed E-state index contributed by atoms with van der Waals surface area (Å²) in [6.07, 6.45) is 4.45. The molecule has 6 nitrogen and oxygen atoms in total. The second-order valence-electron chi connectivity index (χ2n) is 9.03. The van der Waals surface area contributed by atoms with Crippen LogP contribution in [0.3, 0.4) is 0 Å². The Morgan fingerprint density at radius 2 is 1.78 bits per heavy atom. The zero-order chi connectivity index (χ0) is 23.5. The van der Waals surface area contributed by atoms with E-state index in [-0.39, 0.29) is 18.1 Å². The zero-order valence-electron chi connectivity index (χ0n) is 18.8. The number of amides is 1. The van der Waals surface area contributed by atoms with Gasteiger partial charge in [-0.25, -0.2) is 13.9 Å². The van der Waals surface area contributed by atoms with Gasteiger partial charge in [0.2, 0.25) is 0 Å². The number of sulfone groups is 1. The van der Waals surface area contributed by atoms with Crippen LogP contribution < -0.4 is 5.48 Å². The highest BCUT2D eigenvalue weighted by Crippen LogP contribution is 2.33. The first-order valence-corrected chi connectivity index (χ1v) is 12.8. The van der Waals surface area contributed by atoms with Crippen LogP contribution in [-0.2, 0) is 21.1 Å². The zero-order valence-corrected chi connectivity index (χ0v) is 19.7. The van der Waals surface area contributed by atoms with Gasteiger partial charge in [0.05, 0.1) is 0 Å². The van der Waals surface area contributed by atoms with Gasteiger partial charge in [-0.1, -0.05) is 60.9 Å². The third-order valence-corrected chi connectivity index (χ3v) is 8.77. The normalized spacial score (nSPS) is 18.0. The molecular weight excluding hydrogens is 426 g/mol. The molecule has 7 heteroatoms. The number of carbonyl (C=O) groups excluding carboxylic acids is 2. The first-order chi connectivity index (χ1) is 15.1. The van der Waals surface area contributed by atoms with Gasteiger partial charge < -0.3 is 0 Å². The minimum absolute atomic E-state index is 0.0929. The van der Waals surface area contributed by atoms with Crippen LogP contribution in [0.25, 0.3) is 11.1 Å². The van der Waals surface area contributed by atoms with Crippen molar-refractivity contribution in [1.29, 1.82) is 0 Å². The number of benzene rings is 2. The molecule has 1 aliphatic rings. The number of carbonyl (C=O) groups is 2. The minimum Gasteiger partial charge on any atom is -0.294 e. The lowest BCUT2D eigenvalue weighted by atomic mass is 9.79. The number of rotatable bonds is 8. The highest BCUT2D eigenvalue weighted by Gasteiger charge is 2.43.